The van der Waals surface area contributed by atoms with Crippen molar-refractivity contribution in [2.24, 2.45) is 0 Å². The third-order valence-electron chi connectivity index (χ3n) is 3.51. The number of hydrogen-bond acceptors (Lipinski definition) is 5. The van der Waals surface area contributed by atoms with Crippen LogP contribution in [-0.2, 0) is 11.2 Å². The van der Waals surface area contributed by atoms with E-state index in [1.54, 1.807) is 30.3 Å². The van der Waals surface area contributed by atoms with Gasteiger partial charge in [-0.3, -0.25) is 9.59 Å². The van der Waals surface area contributed by atoms with Crippen LogP contribution in [0.5, 0.6) is 0 Å². The van der Waals surface area contributed by atoms with Gasteiger partial charge in [-0.05, 0) is 35.4 Å². The molecule has 0 fully saturated rings. The van der Waals surface area contributed by atoms with E-state index in [9.17, 15) is 14.0 Å². The summed E-state index contributed by atoms with van der Waals surface area (Å²) in [6.07, 6.45) is 0.177. The molecule has 1 heterocycles. The van der Waals surface area contributed by atoms with Crippen LogP contribution in [0.1, 0.15) is 21.2 Å². The van der Waals surface area contributed by atoms with E-state index in [-0.39, 0.29) is 23.7 Å². The maximum atomic E-state index is 13.0. The van der Waals surface area contributed by atoms with Crippen molar-refractivity contribution in [1.82, 2.24) is 10.2 Å². The van der Waals surface area contributed by atoms with E-state index in [0.717, 1.165) is 22.5 Å². The molecule has 0 unspecified atom stereocenters. The molecule has 2 aromatic carbocycles. The van der Waals surface area contributed by atoms with E-state index < -0.39 is 11.9 Å². The molecule has 0 saturated carbocycles. The van der Waals surface area contributed by atoms with Crippen molar-refractivity contribution < 1.29 is 19.1 Å². The molecule has 1 amide bonds. The number of rotatable bonds is 6. The van der Waals surface area contributed by atoms with E-state index in [4.69, 9.17) is 5.11 Å². The molecular weight excluding hydrogens is 357 g/mol. The third-order valence-corrected chi connectivity index (χ3v) is 4.49. The van der Waals surface area contributed by atoms with Gasteiger partial charge >= 0.3 is 5.97 Å². The van der Waals surface area contributed by atoms with Crippen molar-refractivity contribution in [2.75, 3.05) is 5.32 Å². The minimum atomic E-state index is -0.927. The first-order valence-corrected chi connectivity index (χ1v) is 8.54. The number of benzene rings is 2. The molecule has 6 nitrogen and oxygen atoms in total. The standard InChI is InChI=1S/C18H14FN3O3S/c19-13-6-4-11(5-7-13)12-2-1-3-14(10-12)20-17(25)18-22-21-15(26-18)8-9-16(23)24/h1-7,10H,8-9H2,(H,20,25)(H,23,24). The van der Waals surface area contributed by atoms with E-state index in [1.807, 2.05) is 6.07 Å². The van der Waals surface area contributed by atoms with Crippen molar-refractivity contribution in [2.45, 2.75) is 12.8 Å². The first-order chi connectivity index (χ1) is 12.5. The lowest BCUT2D eigenvalue weighted by Crippen LogP contribution is -2.11. The maximum absolute atomic E-state index is 13.0. The number of aliphatic carboxylic acids is 1. The fraction of sp³-hybridized carbons (Fsp3) is 0.111. The lowest BCUT2D eigenvalue weighted by Gasteiger charge is -2.06. The Morgan fingerprint density at radius 1 is 1.08 bits per heavy atom. The molecule has 2 N–H and O–H groups in total. The number of carbonyl (C=O) groups is 2. The molecule has 0 aliphatic carbocycles. The molecule has 26 heavy (non-hydrogen) atoms. The predicted molar refractivity (Wildman–Crippen MR) is 95.7 cm³/mol. The molecule has 132 valence electrons. The summed E-state index contributed by atoms with van der Waals surface area (Å²) in [5.41, 5.74) is 2.23. The van der Waals surface area contributed by atoms with Crippen molar-refractivity contribution in [3.63, 3.8) is 0 Å². The highest BCUT2D eigenvalue weighted by atomic mass is 32.1. The predicted octanol–water partition coefficient (Wildman–Crippen LogP) is 3.61. The van der Waals surface area contributed by atoms with Crippen LogP contribution in [0.4, 0.5) is 10.1 Å². The van der Waals surface area contributed by atoms with E-state index >= 15 is 0 Å². The lowest BCUT2D eigenvalue weighted by molar-refractivity contribution is -0.136. The summed E-state index contributed by atoms with van der Waals surface area (Å²) >= 11 is 1.07. The molecule has 0 atom stereocenters. The zero-order valence-electron chi connectivity index (χ0n) is 13.5. The molecule has 3 aromatic rings. The van der Waals surface area contributed by atoms with Crippen molar-refractivity contribution in [3.05, 3.63) is 64.4 Å². The number of amides is 1. The average molecular weight is 371 g/mol. The number of aryl methyl sites for hydroxylation is 1. The van der Waals surface area contributed by atoms with Crippen LogP contribution in [0.3, 0.4) is 0 Å². The quantitative estimate of drug-likeness (QED) is 0.690. The molecule has 1 aromatic heterocycles. The number of carbonyl (C=O) groups excluding carboxylic acids is 1. The molecule has 0 aliphatic rings. The number of carboxylic acid groups (broad SMARTS) is 1. The van der Waals surface area contributed by atoms with Crippen LogP contribution >= 0.6 is 11.3 Å². The van der Waals surface area contributed by atoms with E-state index in [1.165, 1.54) is 12.1 Å². The largest absolute Gasteiger partial charge is 0.481 e. The Balaban J connectivity index is 1.70. The van der Waals surface area contributed by atoms with Crippen molar-refractivity contribution >= 4 is 28.9 Å². The Labute approximate surface area is 152 Å². The van der Waals surface area contributed by atoms with Gasteiger partial charge in [0, 0.05) is 12.1 Å². The number of halogens is 1. The molecule has 0 saturated heterocycles. The Morgan fingerprint density at radius 3 is 2.58 bits per heavy atom. The molecule has 0 bridgehead atoms. The third kappa shape index (κ3) is 4.48. The summed E-state index contributed by atoms with van der Waals surface area (Å²) < 4.78 is 13.0. The minimum Gasteiger partial charge on any atom is -0.481 e. The molecule has 0 radical (unpaired) electrons. The molecule has 0 spiro atoms. The zero-order valence-corrected chi connectivity index (χ0v) is 14.3. The Hall–Kier alpha value is -3.13. The smallest absolute Gasteiger partial charge is 0.303 e. The second kappa shape index (κ2) is 7.83. The highest BCUT2D eigenvalue weighted by Crippen LogP contribution is 2.23. The van der Waals surface area contributed by atoms with Crippen LogP contribution in [0.15, 0.2) is 48.5 Å². The summed E-state index contributed by atoms with van der Waals surface area (Å²) in [7, 11) is 0. The summed E-state index contributed by atoms with van der Waals surface area (Å²) in [4.78, 5) is 22.9. The number of hydrogen-bond donors (Lipinski definition) is 2. The van der Waals surface area contributed by atoms with Crippen LogP contribution in [0.25, 0.3) is 11.1 Å². The van der Waals surface area contributed by atoms with E-state index in [2.05, 4.69) is 15.5 Å². The molecule has 8 heteroatoms. The molecular formula is C18H14FN3O3S. The minimum absolute atomic E-state index is 0.0596. The van der Waals surface area contributed by atoms with Crippen LogP contribution < -0.4 is 5.32 Å². The number of nitrogens with one attached hydrogen (secondary N) is 1. The monoisotopic (exact) mass is 371 g/mol. The first-order valence-electron chi connectivity index (χ1n) is 7.73. The van der Waals surface area contributed by atoms with Crippen molar-refractivity contribution in [3.8, 4) is 11.1 Å². The van der Waals surface area contributed by atoms with Gasteiger partial charge in [0.05, 0.1) is 6.42 Å². The Bertz CT molecular complexity index is 941. The first kappa shape index (κ1) is 17.7. The highest BCUT2D eigenvalue weighted by Gasteiger charge is 2.14. The van der Waals surface area contributed by atoms with Gasteiger partial charge in [0.15, 0.2) is 0 Å². The van der Waals surface area contributed by atoms with Gasteiger partial charge in [0.1, 0.15) is 10.8 Å². The lowest BCUT2D eigenvalue weighted by atomic mass is 10.1. The van der Waals surface area contributed by atoms with Crippen molar-refractivity contribution in [1.29, 1.82) is 0 Å². The number of anilines is 1. The SMILES string of the molecule is O=C(O)CCc1nnc(C(=O)Nc2cccc(-c3ccc(F)cc3)c2)s1. The number of carboxylic acids is 1. The van der Waals surface area contributed by atoms with Gasteiger partial charge < -0.3 is 10.4 Å². The van der Waals surface area contributed by atoms with Gasteiger partial charge in [0.2, 0.25) is 5.01 Å². The fourth-order valence-electron chi connectivity index (χ4n) is 2.26. The fourth-order valence-corrected chi connectivity index (χ4v) is 3.00. The Kier molecular flexibility index (Phi) is 5.33. The van der Waals surface area contributed by atoms with Gasteiger partial charge in [-0.15, -0.1) is 10.2 Å². The molecule has 0 aliphatic heterocycles. The summed E-state index contributed by atoms with van der Waals surface area (Å²) in [5, 5.41) is 19.7. The van der Waals surface area contributed by atoms with E-state index in [0.29, 0.717) is 10.7 Å². The number of nitrogens with zero attached hydrogens (tertiary/aromatic N) is 2. The molecule has 3 rings (SSSR count). The van der Waals surface area contributed by atoms with Crippen LogP contribution in [0, 0.1) is 5.82 Å². The highest BCUT2D eigenvalue weighted by molar-refractivity contribution is 7.13. The zero-order chi connectivity index (χ0) is 18.5. The van der Waals surface area contributed by atoms with Gasteiger partial charge in [0.25, 0.3) is 5.91 Å². The maximum Gasteiger partial charge on any atom is 0.303 e. The summed E-state index contributed by atoms with van der Waals surface area (Å²) in [6.45, 7) is 0. The second-order valence-corrected chi connectivity index (χ2v) is 6.50. The topological polar surface area (TPSA) is 92.2 Å². The normalized spacial score (nSPS) is 10.5. The van der Waals surface area contributed by atoms with Gasteiger partial charge in [-0.2, -0.15) is 0 Å². The van der Waals surface area contributed by atoms with Crippen LogP contribution in [0.2, 0.25) is 0 Å². The van der Waals surface area contributed by atoms with Crippen LogP contribution in [-0.4, -0.2) is 27.2 Å². The summed E-state index contributed by atoms with van der Waals surface area (Å²) in [6, 6.07) is 13.2. The Morgan fingerprint density at radius 2 is 1.85 bits per heavy atom. The van der Waals surface area contributed by atoms with Gasteiger partial charge in [-0.1, -0.05) is 35.6 Å². The average Bonchev–Trinajstić information content (AvgIpc) is 3.10. The second-order valence-electron chi connectivity index (χ2n) is 5.44. The number of aromatic nitrogens is 2. The van der Waals surface area contributed by atoms with Gasteiger partial charge in [-0.25, -0.2) is 4.39 Å². The summed E-state index contributed by atoms with van der Waals surface area (Å²) in [5.74, 6) is -1.66.